The number of amides is 1. The summed E-state index contributed by atoms with van der Waals surface area (Å²) in [4.78, 5) is 41.5. The van der Waals surface area contributed by atoms with Crippen LogP contribution in [0.25, 0.3) is 11.0 Å². The first-order valence-electron chi connectivity index (χ1n) is 23.8. The molecule has 5 aromatic rings. The molecule has 6 heterocycles. The molecule has 10 rings (SSSR count). The molecule has 1 saturated carbocycles. The van der Waals surface area contributed by atoms with E-state index in [1.807, 2.05) is 37.4 Å². The van der Waals surface area contributed by atoms with Gasteiger partial charge >= 0.3 is 0 Å². The van der Waals surface area contributed by atoms with Crippen LogP contribution in [-0.2, 0) is 4.74 Å². The van der Waals surface area contributed by atoms with E-state index in [0.717, 1.165) is 60.2 Å². The number of carbonyl (C=O) groups excluding carboxylic acids is 1. The molecule has 1 atom stereocenters. The minimum atomic E-state index is -1.47. The second-order valence-electron chi connectivity index (χ2n) is 19.8. The van der Waals surface area contributed by atoms with Crippen LogP contribution in [0.15, 0.2) is 84.0 Å². The molecule has 5 fully saturated rings. The van der Waals surface area contributed by atoms with Crippen molar-refractivity contribution < 1.29 is 23.6 Å². The van der Waals surface area contributed by atoms with Crippen molar-refractivity contribution in [1.29, 1.82) is 0 Å². The number of nitro groups is 1. The van der Waals surface area contributed by atoms with Crippen molar-refractivity contribution in [3.05, 3.63) is 111 Å². The number of ether oxygens (including phenoxy) is 2. The average molecular weight is 917 g/mol. The highest BCUT2D eigenvalue weighted by atomic mass is 32.2. The zero-order valence-electron chi connectivity index (χ0n) is 38.2. The fourth-order valence-corrected chi connectivity index (χ4v) is 11.9. The van der Waals surface area contributed by atoms with Gasteiger partial charge in [-0.05, 0) is 135 Å². The van der Waals surface area contributed by atoms with Crippen LogP contribution in [0, 0.1) is 22.5 Å². The van der Waals surface area contributed by atoms with Gasteiger partial charge in [-0.3, -0.25) is 29.4 Å². The van der Waals surface area contributed by atoms with Crippen molar-refractivity contribution in [2.24, 2.45) is 5.41 Å². The van der Waals surface area contributed by atoms with Gasteiger partial charge in [0.2, 0.25) is 0 Å². The molecule has 348 valence electrons. The van der Waals surface area contributed by atoms with Gasteiger partial charge in [0.15, 0.2) is 0 Å². The largest absolute Gasteiger partial charge is 0.455 e. The lowest BCUT2D eigenvalue weighted by Gasteiger charge is -2.56. The van der Waals surface area contributed by atoms with E-state index in [-0.39, 0.29) is 17.9 Å². The number of likely N-dealkylation sites (tertiary alicyclic amines) is 2. The number of rotatable bonds is 14. The molecule has 3 aromatic carbocycles. The molecule has 1 aliphatic carbocycles. The van der Waals surface area contributed by atoms with Crippen LogP contribution in [0.5, 0.6) is 11.5 Å². The molecular weight excluding hydrogens is 856 g/mol. The Labute approximate surface area is 390 Å². The van der Waals surface area contributed by atoms with Gasteiger partial charge in [-0.2, -0.15) is 0 Å². The Morgan fingerprint density at radius 2 is 1.80 bits per heavy atom. The molecule has 1 spiro atoms. The summed E-state index contributed by atoms with van der Waals surface area (Å²) in [5.41, 5.74) is 5.02. The summed E-state index contributed by atoms with van der Waals surface area (Å²) in [5.74, 6) is 1.01. The number of carbonyl (C=O) groups is 1. The Morgan fingerprint density at radius 3 is 2.55 bits per heavy atom. The Kier molecular flexibility index (Phi) is 12.5. The van der Waals surface area contributed by atoms with E-state index < -0.39 is 16.5 Å². The molecule has 5 aliphatic rings. The quantitative estimate of drug-likeness (QED) is 0.0557. The van der Waals surface area contributed by atoms with E-state index in [0.29, 0.717) is 90.6 Å². The first kappa shape index (κ1) is 44.6. The molecule has 4 aliphatic heterocycles. The van der Waals surface area contributed by atoms with Gasteiger partial charge in [-0.25, -0.2) is 9.37 Å². The second-order valence-corrected chi connectivity index (χ2v) is 20.6. The number of aryl methyl sites for hydroxylation is 1. The summed E-state index contributed by atoms with van der Waals surface area (Å²) in [6.45, 7) is 12.3. The third-order valence-electron chi connectivity index (χ3n) is 15.2. The summed E-state index contributed by atoms with van der Waals surface area (Å²) in [5, 5.41) is 16.2. The van der Waals surface area contributed by atoms with Gasteiger partial charge in [0.25, 0.3) is 11.6 Å². The number of halogens is 1. The molecule has 4 saturated heterocycles. The molecule has 0 bridgehead atoms. The number of aromatic nitrogens is 2. The number of hydrogen-bond acceptors (Lipinski definition) is 11. The first-order chi connectivity index (χ1) is 31.9. The van der Waals surface area contributed by atoms with E-state index >= 15 is 4.39 Å². The first-order valence-corrected chi connectivity index (χ1v) is 24.6. The number of anilines is 2. The predicted molar refractivity (Wildman–Crippen MR) is 258 cm³/mol. The Morgan fingerprint density at radius 1 is 1.02 bits per heavy atom. The molecule has 3 N–H and O–H groups in total. The fraction of sp³-hybridized carbons (Fsp3) is 0.490. The molecule has 66 heavy (non-hydrogen) atoms. The number of H-pyrrole nitrogens is 1. The van der Waals surface area contributed by atoms with Crippen molar-refractivity contribution in [2.75, 3.05) is 62.7 Å². The number of nitro benzene ring substituents is 1. The van der Waals surface area contributed by atoms with Gasteiger partial charge in [-0.15, -0.1) is 0 Å². The van der Waals surface area contributed by atoms with Crippen molar-refractivity contribution in [3.8, 4) is 11.5 Å². The molecular formula is C51H61FN8O5S. The van der Waals surface area contributed by atoms with Crippen LogP contribution in [0.1, 0.15) is 104 Å². The molecule has 15 heteroatoms. The number of hydrogen-bond donors (Lipinski definition) is 3. The summed E-state index contributed by atoms with van der Waals surface area (Å²) >= 11 is 0.987. The van der Waals surface area contributed by atoms with E-state index in [4.69, 9.17) is 9.47 Å². The SMILES string of the molecule is Cc1cc(C(=O)NSc2ccc(NCC3(F)CCN(C4COC4)CC3)c([N+](=O)[O-])c2)c(Oc2cnc3[nH]ccc3c2)cc1N1CCC2(CC1)CC(N1CCCC1c1ccccc1C(C)C)C2. The van der Waals surface area contributed by atoms with E-state index in [9.17, 15) is 14.9 Å². The Balaban J connectivity index is 0.811. The third kappa shape index (κ3) is 9.11. The number of nitrogens with one attached hydrogen (secondary N) is 3. The maximum atomic E-state index is 15.8. The molecule has 1 unspecified atom stereocenters. The standard InChI is InChI=1S/C51H61FN8O5S/c1-33(2)40-7-4-5-8-41(40)44-9-6-18-59(44)36-27-50(28-36)13-19-58(20-14-50)45-26-47(65-38-24-35-12-17-53-48(35)54-29-38)42(23-34(45)3)49(61)56-66-39-10-11-43(46(25-39)60(62)63)55-32-51(52)15-21-57(22-16-51)37-30-64-31-37/h4-5,7-8,10-12,17,23-26,29,33,36-37,44,55H,6,9,13-16,18-22,27-28,30-32H2,1-3H3,(H,53,54)(H,56,61). The van der Waals surface area contributed by atoms with Gasteiger partial charge < -0.3 is 24.7 Å². The number of piperidine rings is 2. The van der Waals surface area contributed by atoms with Crippen LogP contribution < -0.4 is 19.7 Å². The topological polar surface area (TPSA) is 141 Å². The summed E-state index contributed by atoms with van der Waals surface area (Å²) < 4.78 is 30.5. The Hall–Kier alpha value is -5.22. The van der Waals surface area contributed by atoms with Crippen molar-refractivity contribution >= 4 is 46.0 Å². The third-order valence-corrected chi connectivity index (χ3v) is 16.0. The van der Waals surface area contributed by atoms with E-state index in [1.165, 1.54) is 49.4 Å². The lowest BCUT2D eigenvalue weighted by molar-refractivity contribution is -0.384. The lowest BCUT2D eigenvalue weighted by atomic mass is 9.59. The normalized spacial score (nSPS) is 21.2. The van der Waals surface area contributed by atoms with Gasteiger partial charge in [0.1, 0.15) is 28.5 Å². The molecule has 0 radical (unpaired) electrons. The minimum absolute atomic E-state index is 0.0247. The van der Waals surface area contributed by atoms with E-state index in [2.05, 4.69) is 72.8 Å². The fourth-order valence-electron chi connectivity index (χ4n) is 11.3. The highest BCUT2D eigenvalue weighted by Gasteiger charge is 2.50. The lowest BCUT2D eigenvalue weighted by Crippen LogP contribution is -2.55. The highest BCUT2D eigenvalue weighted by molar-refractivity contribution is 7.98. The minimum Gasteiger partial charge on any atom is -0.455 e. The van der Waals surface area contributed by atoms with Crippen LogP contribution >= 0.6 is 11.9 Å². The number of benzene rings is 3. The predicted octanol–water partition coefficient (Wildman–Crippen LogP) is 10.3. The molecule has 1 amide bonds. The number of pyridine rings is 1. The number of nitrogens with zero attached hydrogens (tertiary/aromatic N) is 5. The number of fused-ring (bicyclic) bond motifs is 1. The highest BCUT2D eigenvalue weighted by Crippen LogP contribution is 2.54. The monoisotopic (exact) mass is 916 g/mol. The summed E-state index contributed by atoms with van der Waals surface area (Å²) in [7, 11) is 0. The van der Waals surface area contributed by atoms with Crippen LogP contribution in [0.2, 0.25) is 0 Å². The summed E-state index contributed by atoms with van der Waals surface area (Å²) in [6.07, 6.45) is 11.4. The van der Waals surface area contributed by atoms with Crippen LogP contribution in [0.3, 0.4) is 0 Å². The van der Waals surface area contributed by atoms with Crippen LogP contribution in [0.4, 0.5) is 21.5 Å². The zero-order chi connectivity index (χ0) is 45.6. The molecule has 2 aromatic heterocycles. The Bertz CT molecular complexity index is 2580. The smallest absolute Gasteiger partial charge is 0.293 e. The van der Waals surface area contributed by atoms with Crippen molar-refractivity contribution in [3.63, 3.8) is 0 Å². The van der Waals surface area contributed by atoms with Crippen molar-refractivity contribution in [1.82, 2.24) is 24.5 Å². The van der Waals surface area contributed by atoms with E-state index in [1.54, 1.807) is 18.3 Å². The average Bonchev–Trinajstić information content (AvgIpc) is 3.98. The van der Waals surface area contributed by atoms with Gasteiger partial charge in [-0.1, -0.05) is 38.1 Å². The van der Waals surface area contributed by atoms with Crippen LogP contribution in [-0.4, -0.2) is 101 Å². The second kappa shape index (κ2) is 18.5. The summed E-state index contributed by atoms with van der Waals surface area (Å²) in [6, 6.07) is 22.9. The number of alkyl halides is 1. The molecule has 13 nitrogen and oxygen atoms in total. The number of aromatic amines is 1. The van der Waals surface area contributed by atoms with Crippen molar-refractivity contribution in [2.45, 2.75) is 107 Å². The van der Waals surface area contributed by atoms with Gasteiger partial charge in [0, 0.05) is 79.1 Å². The maximum Gasteiger partial charge on any atom is 0.293 e. The zero-order valence-corrected chi connectivity index (χ0v) is 39.0. The van der Waals surface area contributed by atoms with Gasteiger partial charge in [0.05, 0.1) is 35.9 Å². The maximum absolute atomic E-state index is 15.8.